The molecule has 2 heteroatoms. The van der Waals surface area contributed by atoms with Crippen molar-refractivity contribution in [1.29, 1.82) is 0 Å². The van der Waals surface area contributed by atoms with Gasteiger partial charge in [-0.25, -0.2) is 0 Å². The first-order valence-electron chi connectivity index (χ1n) is 6.09. The van der Waals surface area contributed by atoms with E-state index in [-0.39, 0.29) is 5.78 Å². The summed E-state index contributed by atoms with van der Waals surface area (Å²) in [5.41, 5.74) is 3.63. The molecule has 0 aliphatic rings. The lowest BCUT2D eigenvalue weighted by Gasteiger charge is -2.09. The number of Topliss-reactive ketones (excluding diaryl/α,β-unsaturated/α-hetero) is 1. The lowest BCUT2D eigenvalue weighted by atomic mass is 10.0. The van der Waals surface area contributed by atoms with Gasteiger partial charge in [0.2, 0.25) is 0 Å². The van der Waals surface area contributed by atoms with Crippen molar-refractivity contribution in [3.63, 3.8) is 0 Å². The summed E-state index contributed by atoms with van der Waals surface area (Å²) in [4.78, 5) is 11.3. The molecule has 17 heavy (non-hydrogen) atoms. The van der Waals surface area contributed by atoms with Gasteiger partial charge in [-0.3, -0.25) is 4.79 Å². The van der Waals surface area contributed by atoms with Gasteiger partial charge in [-0.1, -0.05) is 12.1 Å². The molecule has 0 saturated carbocycles. The van der Waals surface area contributed by atoms with Crippen LogP contribution in [0, 0.1) is 6.92 Å². The molecule has 0 N–H and O–H groups in total. The summed E-state index contributed by atoms with van der Waals surface area (Å²) in [5, 5.41) is 1.25. The average molecular weight is 229 g/mol. The Morgan fingerprint density at radius 3 is 2.65 bits per heavy atom. The van der Waals surface area contributed by atoms with Crippen molar-refractivity contribution in [2.24, 2.45) is 0 Å². The number of ketones is 1. The number of hydrogen-bond acceptors (Lipinski definition) is 1. The quantitative estimate of drug-likeness (QED) is 0.787. The molecule has 1 aromatic heterocycles. The maximum Gasteiger partial charge on any atom is 0.134 e. The van der Waals surface area contributed by atoms with Crippen molar-refractivity contribution >= 4 is 16.7 Å². The fourth-order valence-corrected chi connectivity index (χ4v) is 2.44. The monoisotopic (exact) mass is 229 g/mol. The van der Waals surface area contributed by atoms with Crippen LogP contribution in [0.15, 0.2) is 24.4 Å². The van der Waals surface area contributed by atoms with Gasteiger partial charge in [0, 0.05) is 29.6 Å². The van der Waals surface area contributed by atoms with E-state index < -0.39 is 0 Å². The summed E-state index contributed by atoms with van der Waals surface area (Å²) in [6.45, 7) is 8.12. The molecule has 0 saturated heterocycles. The molecular weight excluding hydrogens is 210 g/mol. The van der Waals surface area contributed by atoms with Crippen molar-refractivity contribution in [3.8, 4) is 0 Å². The zero-order valence-electron chi connectivity index (χ0n) is 10.9. The van der Waals surface area contributed by atoms with Crippen LogP contribution in [0.25, 0.3) is 10.9 Å². The van der Waals surface area contributed by atoms with Crippen molar-refractivity contribution in [2.75, 3.05) is 0 Å². The molecule has 1 aromatic carbocycles. The van der Waals surface area contributed by atoms with Crippen LogP contribution < -0.4 is 0 Å². The number of benzene rings is 1. The van der Waals surface area contributed by atoms with E-state index in [4.69, 9.17) is 0 Å². The number of hydrogen-bond donors (Lipinski definition) is 0. The molecule has 0 aliphatic heterocycles. The highest BCUT2D eigenvalue weighted by atomic mass is 16.1. The first kappa shape index (κ1) is 11.9. The van der Waals surface area contributed by atoms with Gasteiger partial charge in [0.15, 0.2) is 0 Å². The van der Waals surface area contributed by atoms with Gasteiger partial charge in [0.05, 0.1) is 0 Å². The first-order chi connectivity index (χ1) is 8.00. The Morgan fingerprint density at radius 2 is 2.06 bits per heavy atom. The minimum absolute atomic E-state index is 0.217. The van der Waals surface area contributed by atoms with E-state index in [2.05, 4.69) is 43.7 Å². The Hall–Kier alpha value is -1.57. The molecule has 0 fully saturated rings. The number of nitrogens with zero attached hydrogens (tertiary/aromatic N) is 1. The predicted molar refractivity (Wildman–Crippen MR) is 71.4 cm³/mol. The first-order valence-corrected chi connectivity index (χ1v) is 6.09. The van der Waals surface area contributed by atoms with E-state index in [1.807, 2.05) is 6.07 Å². The van der Waals surface area contributed by atoms with E-state index in [1.54, 1.807) is 6.92 Å². The number of aryl methyl sites for hydroxylation is 1. The largest absolute Gasteiger partial charge is 0.345 e. The van der Waals surface area contributed by atoms with Crippen LogP contribution in [-0.2, 0) is 11.2 Å². The lowest BCUT2D eigenvalue weighted by Crippen LogP contribution is -1.99. The summed E-state index contributed by atoms with van der Waals surface area (Å²) < 4.78 is 2.27. The van der Waals surface area contributed by atoms with Gasteiger partial charge >= 0.3 is 0 Å². The summed E-state index contributed by atoms with van der Waals surface area (Å²) in [7, 11) is 0. The maximum atomic E-state index is 11.3. The molecule has 0 atom stereocenters. The second-order valence-corrected chi connectivity index (χ2v) is 5.00. The molecule has 90 valence electrons. The summed E-state index contributed by atoms with van der Waals surface area (Å²) in [5.74, 6) is 0.217. The van der Waals surface area contributed by atoms with Crippen LogP contribution in [-0.4, -0.2) is 10.4 Å². The molecule has 0 amide bonds. The van der Waals surface area contributed by atoms with Crippen molar-refractivity contribution in [3.05, 3.63) is 35.5 Å². The summed E-state index contributed by atoms with van der Waals surface area (Å²) >= 11 is 0. The van der Waals surface area contributed by atoms with Crippen LogP contribution in [0.4, 0.5) is 0 Å². The zero-order valence-corrected chi connectivity index (χ0v) is 10.9. The van der Waals surface area contributed by atoms with E-state index in [0.717, 1.165) is 5.56 Å². The third kappa shape index (κ3) is 2.12. The highest BCUT2D eigenvalue weighted by Gasteiger charge is 2.12. The number of carbonyl (C=O) groups excluding carboxylic acids is 1. The van der Waals surface area contributed by atoms with Crippen LogP contribution in [0.3, 0.4) is 0 Å². The average Bonchev–Trinajstić information content (AvgIpc) is 2.56. The van der Waals surface area contributed by atoms with Crippen molar-refractivity contribution in [1.82, 2.24) is 4.57 Å². The van der Waals surface area contributed by atoms with Crippen molar-refractivity contribution in [2.45, 2.75) is 40.2 Å². The molecule has 0 unspecified atom stereocenters. The van der Waals surface area contributed by atoms with Gasteiger partial charge < -0.3 is 4.57 Å². The summed E-state index contributed by atoms with van der Waals surface area (Å²) in [6.07, 6.45) is 2.71. The van der Waals surface area contributed by atoms with Gasteiger partial charge in [-0.2, -0.15) is 0 Å². The molecule has 0 radical (unpaired) electrons. The molecule has 0 aliphatic carbocycles. The van der Waals surface area contributed by atoms with Gasteiger partial charge in [-0.05, 0) is 44.9 Å². The smallest absolute Gasteiger partial charge is 0.134 e. The molecule has 1 heterocycles. The number of fused-ring (bicyclic) bond motifs is 1. The highest BCUT2D eigenvalue weighted by Crippen LogP contribution is 2.27. The molecule has 0 spiro atoms. The highest BCUT2D eigenvalue weighted by molar-refractivity contribution is 5.91. The van der Waals surface area contributed by atoms with Gasteiger partial charge in [0.25, 0.3) is 0 Å². The SMILES string of the molecule is CC(=O)Cc1cccc2c1c(C)cn2C(C)C. The Kier molecular flexibility index (Phi) is 3.05. The number of rotatable bonds is 3. The fourth-order valence-electron chi connectivity index (χ4n) is 2.44. The Labute approximate surface area is 102 Å². The van der Waals surface area contributed by atoms with Gasteiger partial charge in [-0.15, -0.1) is 0 Å². The van der Waals surface area contributed by atoms with Crippen LogP contribution in [0.5, 0.6) is 0 Å². The van der Waals surface area contributed by atoms with Crippen LogP contribution >= 0.6 is 0 Å². The Balaban J connectivity index is 2.68. The van der Waals surface area contributed by atoms with E-state index in [0.29, 0.717) is 12.5 Å². The lowest BCUT2D eigenvalue weighted by molar-refractivity contribution is -0.116. The summed E-state index contributed by atoms with van der Waals surface area (Å²) in [6, 6.07) is 6.67. The third-order valence-electron chi connectivity index (χ3n) is 3.13. The molecule has 2 nitrogen and oxygen atoms in total. The zero-order chi connectivity index (χ0) is 12.6. The standard InChI is InChI=1S/C15H19NO/c1-10(2)16-9-11(3)15-13(8-12(4)17)6-5-7-14(15)16/h5-7,9-10H,8H2,1-4H3. The normalized spacial score (nSPS) is 11.4. The maximum absolute atomic E-state index is 11.3. The van der Waals surface area contributed by atoms with Crippen LogP contribution in [0.1, 0.15) is 37.9 Å². The number of carbonyl (C=O) groups is 1. The number of aromatic nitrogens is 1. The van der Waals surface area contributed by atoms with Gasteiger partial charge in [0.1, 0.15) is 5.78 Å². The van der Waals surface area contributed by atoms with Crippen LogP contribution in [0.2, 0.25) is 0 Å². The van der Waals surface area contributed by atoms with E-state index in [1.165, 1.54) is 16.5 Å². The van der Waals surface area contributed by atoms with E-state index >= 15 is 0 Å². The molecule has 0 bridgehead atoms. The Morgan fingerprint density at radius 1 is 1.35 bits per heavy atom. The molecular formula is C15H19NO. The topological polar surface area (TPSA) is 22.0 Å². The minimum atomic E-state index is 0.217. The fraction of sp³-hybridized carbons (Fsp3) is 0.400. The molecule has 2 rings (SSSR count). The second-order valence-electron chi connectivity index (χ2n) is 5.00. The third-order valence-corrected chi connectivity index (χ3v) is 3.13. The van der Waals surface area contributed by atoms with E-state index in [9.17, 15) is 4.79 Å². The van der Waals surface area contributed by atoms with Crippen molar-refractivity contribution < 1.29 is 4.79 Å². The second kappa shape index (κ2) is 4.36. The molecule has 2 aromatic rings. The predicted octanol–water partition coefficient (Wildman–Crippen LogP) is 3.66. The Bertz CT molecular complexity index is 564. The minimum Gasteiger partial charge on any atom is -0.345 e.